The summed E-state index contributed by atoms with van der Waals surface area (Å²) in [5.74, 6) is 0.670. The van der Waals surface area contributed by atoms with Crippen molar-refractivity contribution in [1.29, 1.82) is 0 Å². The first-order valence-corrected chi connectivity index (χ1v) is 5.36. The van der Waals surface area contributed by atoms with Gasteiger partial charge in [0.2, 0.25) is 0 Å². The van der Waals surface area contributed by atoms with Crippen molar-refractivity contribution < 1.29 is 5.11 Å². The topological polar surface area (TPSA) is 23.5 Å². The zero-order valence-corrected chi connectivity index (χ0v) is 9.44. The van der Waals surface area contributed by atoms with Gasteiger partial charge >= 0.3 is 0 Å². The average molecular weight is 289 g/mol. The van der Waals surface area contributed by atoms with Gasteiger partial charge in [-0.05, 0) is 11.1 Å². The average Bonchev–Trinajstić information content (AvgIpc) is 2.13. The largest absolute Gasteiger partial charge is 0.392 e. The molecule has 0 unspecified atom stereocenters. The Morgan fingerprint density at radius 3 is 2.85 bits per heavy atom. The fourth-order valence-corrected chi connectivity index (χ4v) is 2.53. The molecule has 2 rings (SSSR count). The van der Waals surface area contributed by atoms with Crippen LogP contribution < -0.4 is 0 Å². The Hall–Kier alpha value is -0.130. The molecule has 0 aliphatic carbocycles. The second-order valence-electron chi connectivity index (χ2n) is 3.43. The minimum atomic E-state index is 0.147. The van der Waals surface area contributed by atoms with Crippen LogP contribution in [0.25, 0.3) is 0 Å². The summed E-state index contributed by atoms with van der Waals surface area (Å²) < 4.78 is 2.27. The molecule has 3 heteroatoms. The van der Waals surface area contributed by atoms with Crippen molar-refractivity contribution in [1.82, 2.24) is 3.11 Å². The van der Waals surface area contributed by atoms with E-state index in [4.69, 9.17) is 5.11 Å². The standard InChI is InChI=1S/C10H12INO/c11-12-5-10(6-12)9-3-1-2-8(4-9)7-13/h1-4,10,13H,5-7H2. The monoisotopic (exact) mass is 289 g/mol. The van der Waals surface area contributed by atoms with Gasteiger partial charge in [-0.3, -0.25) is 0 Å². The van der Waals surface area contributed by atoms with Gasteiger partial charge in [0.25, 0.3) is 0 Å². The summed E-state index contributed by atoms with van der Waals surface area (Å²) in [4.78, 5) is 0. The van der Waals surface area contributed by atoms with Gasteiger partial charge in [0, 0.05) is 41.9 Å². The number of aliphatic hydroxyl groups excluding tert-OH is 1. The van der Waals surface area contributed by atoms with E-state index in [9.17, 15) is 0 Å². The van der Waals surface area contributed by atoms with Crippen LogP contribution in [-0.2, 0) is 6.61 Å². The molecule has 0 aromatic heterocycles. The first-order valence-electron chi connectivity index (χ1n) is 4.40. The van der Waals surface area contributed by atoms with Crippen LogP contribution in [0.2, 0.25) is 0 Å². The van der Waals surface area contributed by atoms with Crippen LogP contribution in [0.15, 0.2) is 24.3 Å². The van der Waals surface area contributed by atoms with Crippen molar-refractivity contribution in [3.63, 3.8) is 0 Å². The van der Waals surface area contributed by atoms with Crippen molar-refractivity contribution in [2.75, 3.05) is 13.1 Å². The van der Waals surface area contributed by atoms with E-state index in [1.54, 1.807) is 0 Å². The third-order valence-corrected chi connectivity index (χ3v) is 3.23. The van der Waals surface area contributed by atoms with E-state index in [1.165, 1.54) is 5.56 Å². The summed E-state index contributed by atoms with van der Waals surface area (Å²) >= 11 is 2.34. The van der Waals surface area contributed by atoms with E-state index >= 15 is 0 Å². The molecule has 1 aromatic carbocycles. The Balaban J connectivity index is 2.12. The van der Waals surface area contributed by atoms with Crippen molar-refractivity contribution in [3.8, 4) is 0 Å². The van der Waals surface area contributed by atoms with Gasteiger partial charge in [-0.1, -0.05) is 24.3 Å². The lowest BCUT2D eigenvalue weighted by Gasteiger charge is -2.34. The lowest BCUT2D eigenvalue weighted by molar-refractivity contribution is 0.280. The first kappa shape index (κ1) is 9.43. The Morgan fingerprint density at radius 1 is 1.46 bits per heavy atom. The van der Waals surface area contributed by atoms with E-state index < -0.39 is 0 Å². The molecule has 0 saturated carbocycles. The molecule has 1 fully saturated rings. The minimum absolute atomic E-state index is 0.147. The molecule has 1 aromatic rings. The number of hydrogen-bond acceptors (Lipinski definition) is 2. The summed E-state index contributed by atoms with van der Waals surface area (Å²) in [6, 6.07) is 8.24. The molecule has 1 saturated heterocycles. The highest BCUT2D eigenvalue weighted by atomic mass is 127. The van der Waals surface area contributed by atoms with Crippen molar-refractivity contribution >= 4 is 22.9 Å². The summed E-state index contributed by atoms with van der Waals surface area (Å²) in [7, 11) is 0. The summed E-state index contributed by atoms with van der Waals surface area (Å²) in [6.45, 7) is 2.42. The Bertz CT molecular complexity index is 297. The van der Waals surface area contributed by atoms with Crippen molar-refractivity contribution in [2.45, 2.75) is 12.5 Å². The molecule has 70 valence electrons. The smallest absolute Gasteiger partial charge is 0.0681 e. The van der Waals surface area contributed by atoms with Crippen LogP contribution in [0.4, 0.5) is 0 Å². The van der Waals surface area contributed by atoms with Gasteiger partial charge in [0.15, 0.2) is 0 Å². The van der Waals surface area contributed by atoms with Gasteiger partial charge in [-0.2, -0.15) is 0 Å². The van der Waals surface area contributed by atoms with E-state index in [2.05, 4.69) is 38.1 Å². The third kappa shape index (κ3) is 2.03. The number of hydrogen-bond donors (Lipinski definition) is 1. The Labute approximate surface area is 92.1 Å². The zero-order valence-electron chi connectivity index (χ0n) is 7.28. The van der Waals surface area contributed by atoms with Gasteiger partial charge in [-0.15, -0.1) is 0 Å². The van der Waals surface area contributed by atoms with E-state index in [0.29, 0.717) is 5.92 Å². The zero-order chi connectivity index (χ0) is 9.26. The van der Waals surface area contributed by atoms with E-state index in [-0.39, 0.29) is 6.61 Å². The second kappa shape index (κ2) is 3.94. The van der Waals surface area contributed by atoms with Crippen LogP contribution in [0.1, 0.15) is 17.0 Å². The minimum Gasteiger partial charge on any atom is -0.392 e. The number of aliphatic hydroxyl groups is 1. The second-order valence-corrected chi connectivity index (χ2v) is 4.79. The molecule has 1 N–H and O–H groups in total. The fraction of sp³-hybridized carbons (Fsp3) is 0.400. The quantitative estimate of drug-likeness (QED) is 0.664. The number of rotatable bonds is 2. The number of benzene rings is 1. The maximum absolute atomic E-state index is 8.97. The van der Waals surface area contributed by atoms with Gasteiger partial charge in [-0.25, -0.2) is 3.11 Å². The predicted octanol–water partition coefficient (Wildman–Crippen LogP) is 1.93. The maximum atomic E-state index is 8.97. The lowest BCUT2D eigenvalue weighted by Crippen LogP contribution is -2.37. The van der Waals surface area contributed by atoms with Crippen molar-refractivity contribution in [2.24, 2.45) is 0 Å². The third-order valence-electron chi connectivity index (χ3n) is 2.44. The van der Waals surface area contributed by atoms with Crippen LogP contribution in [0, 0.1) is 0 Å². The molecule has 13 heavy (non-hydrogen) atoms. The Kier molecular flexibility index (Phi) is 2.86. The van der Waals surface area contributed by atoms with E-state index in [0.717, 1.165) is 18.7 Å². The molecule has 0 spiro atoms. The molecular formula is C10H12INO. The van der Waals surface area contributed by atoms with Crippen LogP contribution in [0.3, 0.4) is 0 Å². The lowest BCUT2D eigenvalue weighted by atomic mass is 9.93. The van der Waals surface area contributed by atoms with E-state index in [1.807, 2.05) is 12.1 Å². The van der Waals surface area contributed by atoms with Gasteiger partial charge in [0.1, 0.15) is 0 Å². The number of nitrogens with zero attached hydrogens (tertiary/aromatic N) is 1. The molecule has 0 radical (unpaired) electrons. The molecule has 1 aliphatic rings. The molecule has 0 amide bonds. The SMILES string of the molecule is OCc1cccc(C2CN(I)C2)c1. The van der Waals surface area contributed by atoms with Crippen LogP contribution in [-0.4, -0.2) is 21.3 Å². The molecule has 1 aliphatic heterocycles. The van der Waals surface area contributed by atoms with Gasteiger partial charge in [0.05, 0.1) is 6.61 Å². The van der Waals surface area contributed by atoms with Crippen LogP contribution in [0.5, 0.6) is 0 Å². The highest BCUT2D eigenvalue weighted by molar-refractivity contribution is 14.1. The predicted molar refractivity (Wildman–Crippen MR) is 60.7 cm³/mol. The molecule has 0 bridgehead atoms. The van der Waals surface area contributed by atoms with Crippen LogP contribution >= 0.6 is 22.9 Å². The molecule has 1 heterocycles. The van der Waals surface area contributed by atoms with Crippen molar-refractivity contribution in [3.05, 3.63) is 35.4 Å². The molecule has 0 atom stereocenters. The number of halogens is 1. The normalized spacial score (nSPS) is 18.6. The Morgan fingerprint density at radius 2 is 2.23 bits per heavy atom. The maximum Gasteiger partial charge on any atom is 0.0681 e. The molecular weight excluding hydrogens is 277 g/mol. The summed E-state index contributed by atoms with van der Waals surface area (Å²) in [5, 5.41) is 8.97. The summed E-state index contributed by atoms with van der Waals surface area (Å²) in [5.41, 5.74) is 2.38. The highest BCUT2D eigenvalue weighted by Crippen LogP contribution is 2.29. The highest BCUT2D eigenvalue weighted by Gasteiger charge is 2.25. The summed E-state index contributed by atoms with van der Waals surface area (Å²) in [6.07, 6.45) is 0. The molecule has 2 nitrogen and oxygen atoms in total. The van der Waals surface area contributed by atoms with Gasteiger partial charge < -0.3 is 5.11 Å². The fourth-order valence-electron chi connectivity index (χ4n) is 1.58. The first-order chi connectivity index (χ1) is 6.29.